The van der Waals surface area contributed by atoms with Crippen LogP contribution in [0.4, 0.5) is 5.69 Å². The van der Waals surface area contributed by atoms with Gasteiger partial charge in [-0.05, 0) is 11.5 Å². The molecular formula is C19H11N3O4. The largest absolute Gasteiger partial charge is 0.287 e. The maximum atomic E-state index is 12.6. The van der Waals surface area contributed by atoms with Gasteiger partial charge in [0.1, 0.15) is 5.71 Å². The van der Waals surface area contributed by atoms with E-state index in [4.69, 9.17) is 0 Å². The zero-order valence-corrected chi connectivity index (χ0v) is 13.3. The second-order valence-corrected chi connectivity index (χ2v) is 5.75. The molecule has 1 amide bonds. The first kappa shape index (κ1) is 15.6. The van der Waals surface area contributed by atoms with E-state index in [1.165, 1.54) is 18.2 Å². The van der Waals surface area contributed by atoms with Crippen LogP contribution in [0.1, 0.15) is 26.3 Å². The minimum atomic E-state index is -0.628. The van der Waals surface area contributed by atoms with Crippen molar-refractivity contribution in [3.05, 3.63) is 87.5 Å². The lowest BCUT2D eigenvalue weighted by molar-refractivity contribution is -0.384. The van der Waals surface area contributed by atoms with E-state index >= 15 is 0 Å². The number of nitro benzene ring substituents is 1. The second kappa shape index (κ2) is 5.89. The molecule has 7 heteroatoms. The predicted molar refractivity (Wildman–Crippen MR) is 95.4 cm³/mol. The quantitative estimate of drug-likeness (QED) is 0.582. The van der Waals surface area contributed by atoms with Crippen LogP contribution in [-0.4, -0.2) is 22.3 Å². The molecule has 0 fully saturated rings. The molecule has 0 aliphatic heterocycles. The number of non-ortho nitro benzene ring substituents is 1. The van der Waals surface area contributed by atoms with Crippen LogP contribution in [0.3, 0.4) is 0 Å². The van der Waals surface area contributed by atoms with E-state index in [2.05, 4.69) is 10.5 Å². The molecule has 0 radical (unpaired) electrons. The van der Waals surface area contributed by atoms with Gasteiger partial charge in [-0.2, -0.15) is 5.10 Å². The van der Waals surface area contributed by atoms with Gasteiger partial charge in [-0.25, -0.2) is 5.43 Å². The van der Waals surface area contributed by atoms with Gasteiger partial charge in [0.25, 0.3) is 11.6 Å². The molecule has 0 spiro atoms. The lowest BCUT2D eigenvalue weighted by Crippen LogP contribution is -2.22. The summed E-state index contributed by atoms with van der Waals surface area (Å²) in [6.45, 7) is 0. The van der Waals surface area contributed by atoms with E-state index in [0.29, 0.717) is 11.1 Å². The highest BCUT2D eigenvalue weighted by Gasteiger charge is 2.29. The number of nitro groups is 1. The fourth-order valence-corrected chi connectivity index (χ4v) is 3.02. The number of Topliss-reactive ketones (excluding diaryl/α,β-unsaturated/α-hetero) is 1. The highest BCUT2D eigenvalue weighted by molar-refractivity contribution is 6.59. The van der Waals surface area contributed by atoms with E-state index < -0.39 is 10.8 Å². The van der Waals surface area contributed by atoms with Crippen LogP contribution >= 0.6 is 0 Å². The van der Waals surface area contributed by atoms with Crippen LogP contribution in [0, 0.1) is 10.1 Å². The molecule has 0 saturated carbocycles. The summed E-state index contributed by atoms with van der Waals surface area (Å²) in [4.78, 5) is 35.1. The number of nitrogens with one attached hydrogen (secondary N) is 1. The average Bonchev–Trinajstić information content (AvgIpc) is 2.94. The van der Waals surface area contributed by atoms with Crippen molar-refractivity contribution in [2.75, 3.05) is 0 Å². The topological polar surface area (TPSA) is 102 Å². The molecule has 1 aliphatic rings. The number of ketones is 1. The molecule has 0 bridgehead atoms. The zero-order chi connectivity index (χ0) is 18.3. The molecular weight excluding hydrogens is 334 g/mol. The Hall–Kier alpha value is -3.87. The van der Waals surface area contributed by atoms with Crippen LogP contribution < -0.4 is 5.43 Å². The summed E-state index contributed by atoms with van der Waals surface area (Å²) >= 11 is 0. The van der Waals surface area contributed by atoms with Gasteiger partial charge in [-0.1, -0.05) is 42.5 Å². The number of benzene rings is 3. The maximum Gasteiger partial charge on any atom is 0.271 e. The van der Waals surface area contributed by atoms with Crippen molar-refractivity contribution in [2.24, 2.45) is 5.10 Å². The normalized spacial score (nSPS) is 14.0. The third-order valence-corrected chi connectivity index (χ3v) is 4.21. The van der Waals surface area contributed by atoms with E-state index in [1.54, 1.807) is 18.2 Å². The Morgan fingerprint density at radius 1 is 1.00 bits per heavy atom. The molecule has 126 valence electrons. The third-order valence-electron chi connectivity index (χ3n) is 4.21. The standard InChI is InChI=1S/C19H11N3O4/c23-18-15-9-3-5-11-4-2-8-14(16(11)15)17(18)20-21-19(24)12-6-1-7-13(10-12)22(25)26/h1-10H,(H,21,24). The summed E-state index contributed by atoms with van der Waals surface area (Å²) in [5.41, 5.74) is 3.56. The van der Waals surface area contributed by atoms with Gasteiger partial charge in [0.15, 0.2) is 0 Å². The fraction of sp³-hybridized carbons (Fsp3) is 0. The van der Waals surface area contributed by atoms with Crippen molar-refractivity contribution in [2.45, 2.75) is 0 Å². The molecule has 3 aromatic carbocycles. The van der Waals surface area contributed by atoms with Crippen molar-refractivity contribution in [1.29, 1.82) is 0 Å². The fourth-order valence-electron chi connectivity index (χ4n) is 3.02. The lowest BCUT2D eigenvalue weighted by Gasteiger charge is -2.02. The number of hydrogen-bond acceptors (Lipinski definition) is 5. The van der Waals surface area contributed by atoms with Crippen molar-refractivity contribution in [3.63, 3.8) is 0 Å². The monoisotopic (exact) mass is 345 g/mol. The van der Waals surface area contributed by atoms with E-state index in [1.807, 2.05) is 18.2 Å². The molecule has 0 unspecified atom stereocenters. The number of rotatable bonds is 3. The molecule has 26 heavy (non-hydrogen) atoms. The first-order valence-corrected chi connectivity index (χ1v) is 7.75. The summed E-state index contributed by atoms with van der Waals surface area (Å²) in [5.74, 6) is -0.895. The average molecular weight is 345 g/mol. The van der Waals surface area contributed by atoms with Crippen molar-refractivity contribution in [1.82, 2.24) is 5.43 Å². The molecule has 1 N–H and O–H groups in total. The Morgan fingerprint density at radius 3 is 2.42 bits per heavy atom. The molecule has 0 aromatic heterocycles. The molecule has 0 atom stereocenters. The van der Waals surface area contributed by atoms with Gasteiger partial charge in [-0.3, -0.25) is 19.7 Å². The van der Waals surface area contributed by atoms with Gasteiger partial charge in [0.2, 0.25) is 5.78 Å². The van der Waals surface area contributed by atoms with E-state index in [-0.39, 0.29) is 22.7 Å². The van der Waals surface area contributed by atoms with Gasteiger partial charge >= 0.3 is 0 Å². The van der Waals surface area contributed by atoms with Crippen molar-refractivity contribution < 1.29 is 14.5 Å². The highest BCUT2D eigenvalue weighted by atomic mass is 16.6. The number of nitrogens with zero attached hydrogens (tertiary/aromatic N) is 2. The smallest absolute Gasteiger partial charge is 0.271 e. The van der Waals surface area contributed by atoms with Gasteiger partial charge < -0.3 is 0 Å². The van der Waals surface area contributed by atoms with Crippen molar-refractivity contribution >= 4 is 33.9 Å². The number of carbonyl (C=O) groups is 2. The number of carbonyl (C=O) groups excluding carboxylic acids is 2. The Kier molecular flexibility index (Phi) is 3.54. The number of hydrogen-bond donors (Lipinski definition) is 1. The van der Waals surface area contributed by atoms with Crippen molar-refractivity contribution in [3.8, 4) is 0 Å². The highest BCUT2D eigenvalue weighted by Crippen LogP contribution is 2.30. The molecule has 3 aromatic rings. The van der Waals surface area contributed by atoms with Gasteiger partial charge in [-0.15, -0.1) is 0 Å². The first-order chi connectivity index (χ1) is 12.6. The van der Waals surface area contributed by atoms with Crippen LogP contribution in [0.25, 0.3) is 10.8 Å². The molecule has 0 heterocycles. The molecule has 0 saturated heterocycles. The summed E-state index contributed by atoms with van der Waals surface area (Å²) in [7, 11) is 0. The van der Waals surface area contributed by atoms with E-state index in [0.717, 1.165) is 16.8 Å². The minimum Gasteiger partial charge on any atom is -0.287 e. The summed E-state index contributed by atoms with van der Waals surface area (Å²) in [6, 6.07) is 16.2. The van der Waals surface area contributed by atoms with Crippen LogP contribution in [0.15, 0.2) is 65.8 Å². The predicted octanol–water partition coefficient (Wildman–Crippen LogP) is 3.08. The Labute approximate surface area is 147 Å². The maximum absolute atomic E-state index is 12.6. The van der Waals surface area contributed by atoms with Gasteiger partial charge in [0.05, 0.1) is 4.92 Å². The minimum absolute atomic E-state index is 0.0877. The summed E-state index contributed by atoms with van der Waals surface area (Å²) < 4.78 is 0. The molecule has 7 nitrogen and oxygen atoms in total. The third kappa shape index (κ3) is 2.42. The summed E-state index contributed by atoms with van der Waals surface area (Å²) in [5, 5.41) is 16.5. The van der Waals surface area contributed by atoms with Crippen LogP contribution in [-0.2, 0) is 0 Å². The lowest BCUT2D eigenvalue weighted by atomic mass is 10.1. The Balaban J connectivity index is 1.67. The number of amides is 1. The SMILES string of the molecule is O=C(NN=C1C(=O)c2cccc3cccc1c23)c1cccc([N+](=O)[O-])c1. The zero-order valence-electron chi connectivity index (χ0n) is 13.3. The van der Waals surface area contributed by atoms with Gasteiger partial charge in [0, 0.05) is 34.2 Å². The first-order valence-electron chi connectivity index (χ1n) is 7.75. The number of hydrazone groups is 1. The molecule has 4 rings (SSSR count). The molecule has 1 aliphatic carbocycles. The Bertz CT molecular complexity index is 1130. The summed E-state index contributed by atoms with van der Waals surface area (Å²) in [6.07, 6.45) is 0. The van der Waals surface area contributed by atoms with E-state index in [9.17, 15) is 19.7 Å². The van der Waals surface area contributed by atoms with Crippen LogP contribution in [0.2, 0.25) is 0 Å². The Morgan fingerprint density at radius 2 is 1.69 bits per heavy atom. The second-order valence-electron chi connectivity index (χ2n) is 5.75. The van der Waals surface area contributed by atoms with Crippen LogP contribution in [0.5, 0.6) is 0 Å².